The maximum atomic E-state index is 13.9. The fraction of sp³-hybridized carbons (Fsp3) is 0.167. The van der Waals surface area contributed by atoms with Gasteiger partial charge in [-0.1, -0.05) is 53.4 Å². The zero-order valence-electron chi connectivity index (χ0n) is 22.7. The van der Waals surface area contributed by atoms with Gasteiger partial charge in [0.2, 0.25) is 0 Å². The number of nitrogens with zero attached hydrogens (tertiary/aromatic N) is 3. The Morgan fingerprint density at radius 3 is 2.62 bits per heavy atom. The van der Waals surface area contributed by atoms with Crippen LogP contribution in [0, 0.1) is 10.1 Å². The molecule has 214 valence electrons. The minimum absolute atomic E-state index is 0.0632. The molecule has 1 aliphatic rings. The first kappa shape index (κ1) is 29.5. The number of benzene rings is 3. The number of rotatable bonds is 8. The van der Waals surface area contributed by atoms with Crippen LogP contribution in [0.4, 0.5) is 5.69 Å². The highest BCUT2D eigenvalue weighted by atomic mass is 79.9. The number of esters is 1. The minimum atomic E-state index is -0.802. The molecule has 1 aromatic heterocycles. The van der Waals surface area contributed by atoms with E-state index < -0.39 is 16.9 Å². The summed E-state index contributed by atoms with van der Waals surface area (Å²) in [5, 5.41) is 11.9. The molecule has 2 heterocycles. The second-order valence-electron chi connectivity index (χ2n) is 9.10. The summed E-state index contributed by atoms with van der Waals surface area (Å²) in [7, 11) is 1.55. The molecule has 0 unspecified atom stereocenters. The van der Waals surface area contributed by atoms with E-state index >= 15 is 0 Å². The van der Waals surface area contributed by atoms with Crippen LogP contribution in [0.5, 0.6) is 5.75 Å². The summed E-state index contributed by atoms with van der Waals surface area (Å²) in [5.41, 5.74) is 1.41. The van der Waals surface area contributed by atoms with Gasteiger partial charge in [0.05, 0.1) is 49.9 Å². The zero-order valence-corrected chi connectivity index (χ0v) is 25.9. The average molecular weight is 667 g/mol. The van der Waals surface area contributed by atoms with Gasteiger partial charge < -0.3 is 9.47 Å². The Morgan fingerprint density at radius 1 is 1.19 bits per heavy atom. The van der Waals surface area contributed by atoms with Crippen molar-refractivity contribution in [3.63, 3.8) is 0 Å². The van der Waals surface area contributed by atoms with E-state index in [1.54, 1.807) is 57.4 Å². The van der Waals surface area contributed by atoms with E-state index in [1.165, 1.54) is 22.4 Å². The van der Waals surface area contributed by atoms with E-state index in [9.17, 15) is 19.7 Å². The molecule has 5 rings (SSSR count). The van der Waals surface area contributed by atoms with E-state index in [1.807, 2.05) is 30.3 Å². The molecule has 12 heteroatoms. The Kier molecular flexibility index (Phi) is 8.76. The van der Waals surface area contributed by atoms with Crippen LogP contribution in [0.1, 0.15) is 31.0 Å². The number of methoxy groups -OCH3 is 1. The topological polar surface area (TPSA) is 113 Å². The van der Waals surface area contributed by atoms with Crippen molar-refractivity contribution < 1.29 is 19.2 Å². The first-order valence-electron chi connectivity index (χ1n) is 12.8. The van der Waals surface area contributed by atoms with Gasteiger partial charge in [-0.3, -0.25) is 19.5 Å². The molecule has 3 aromatic carbocycles. The van der Waals surface area contributed by atoms with Crippen LogP contribution in [0.25, 0.3) is 6.08 Å². The van der Waals surface area contributed by atoms with Crippen LogP contribution in [-0.4, -0.2) is 29.2 Å². The molecule has 0 saturated carbocycles. The number of fused-ring (bicyclic) bond motifs is 1. The molecular formula is C30H24BrN3O6S2. The van der Waals surface area contributed by atoms with Gasteiger partial charge in [-0.05, 0) is 77.3 Å². The molecule has 0 spiro atoms. The van der Waals surface area contributed by atoms with Crippen molar-refractivity contribution in [1.82, 2.24) is 4.57 Å². The Morgan fingerprint density at radius 2 is 1.95 bits per heavy atom. The second-order valence-corrected chi connectivity index (χ2v) is 12.1. The molecule has 0 aliphatic carbocycles. The van der Waals surface area contributed by atoms with Gasteiger partial charge in [0.1, 0.15) is 5.75 Å². The summed E-state index contributed by atoms with van der Waals surface area (Å²) in [6, 6.07) is 18.8. The lowest BCUT2D eigenvalue weighted by Crippen LogP contribution is -2.40. The Hall–Kier alpha value is -4.00. The molecule has 0 fully saturated rings. The molecule has 0 saturated heterocycles. The standard InChI is InChI=1S/C30H24BrN3O6S2/c1-4-40-29(36)26-17(2)32-30-33(27(26)19-11-12-23(39-3)21(31)16-19)28(35)25(42-30)15-18-10-13-24(22(14-18)34(37)38)41-20-8-6-5-7-9-20/h5-16,27H,4H2,1-3H3/b25-15-/t27-/m1/s1. The molecule has 1 aliphatic heterocycles. The third-order valence-corrected chi connectivity index (χ3v) is 9.13. The van der Waals surface area contributed by atoms with Crippen LogP contribution in [0.15, 0.2) is 102 Å². The van der Waals surface area contributed by atoms with Crippen LogP contribution in [-0.2, 0) is 9.53 Å². The largest absolute Gasteiger partial charge is 0.496 e. The monoisotopic (exact) mass is 665 g/mol. The SMILES string of the molecule is CCOC(=O)C1=C(C)N=c2s/c(=C\c3ccc(Sc4ccccc4)c([N+](=O)[O-])c3)c(=O)n2[C@@H]1c1ccc(OC)c(Br)c1. The summed E-state index contributed by atoms with van der Waals surface area (Å²) in [6.07, 6.45) is 1.61. The molecule has 1 atom stereocenters. The lowest BCUT2D eigenvalue weighted by Gasteiger charge is -2.25. The fourth-order valence-corrected chi connectivity index (χ4v) is 7.11. The highest BCUT2D eigenvalue weighted by Crippen LogP contribution is 2.36. The Balaban J connectivity index is 1.64. The van der Waals surface area contributed by atoms with Gasteiger partial charge in [0, 0.05) is 11.0 Å². The van der Waals surface area contributed by atoms with Gasteiger partial charge in [0.25, 0.3) is 11.2 Å². The number of nitro groups is 1. The number of ether oxygens (including phenoxy) is 2. The number of allylic oxidation sites excluding steroid dienone is 1. The van der Waals surface area contributed by atoms with Crippen molar-refractivity contribution >= 4 is 56.8 Å². The van der Waals surface area contributed by atoms with Crippen molar-refractivity contribution in [1.29, 1.82) is 0 Å². The molecule has 0 bridgehead atoms. The normalized spacial score (nSPS) is 14.8. The van der Waals surface area contributed by atoms with E-state index in [4.69, 9.17) is 9.47 Å². The summed E-state index contributed by atoms with van der Waals surface area (Å²) in [4.78, 5) is 44.9. The molecule has 9 nitrogen and oxygen atoms in total. The van der Waals surface area contributed by atoms with Crippen LogP contribution in [0.3, 0.4) is 0 Å². The Labute approximate surface area is 257 Å². The number of halogens is 1. The zero-order chi connectivity index (χ0) is 30.0. The number of hydrogen-bond acceptors (Lipinski definition) is 9. The number of carbonyl (C=O) groups is 1. The molecular weight excluding hydrogens is 642 g/mol. The molecule has 4 aromatic rings. The fourth-order valence-electron chi connectivity index (χ4n) is 4.58. The second kappa shape index (κ2) is 12.5. The van der Waals surface area contributed by atoms with E-state index in [0.717, 1.165) is 16.2 Å². The summed E-state index contributed by atoms with van der Waals surface area (Å²) < 4.78 is 13.2. The lowest BCUT2D eigenvalue weighted by molar-refractivity contribution is -0.387. The highest BCUT2D eigenvalue weighted by molar-refractivity contribution is 9.10. The quantitative estimate of drug-likeness (QED) is 0.136. The smallest absolute Gasteiger partial charge is 0.338 e. The summed E-state index contributed by atoms with van der Waals surface area (Å²) in [5.74, 6) is 0.0344. The van der Waals surface area contributed by atoms with Crippen molar-refractivity contribution in [3.05, 3.63) is 123 Å². The number of hydrogen-bond donors (Lipinski definition) is 0. The van der Waals surface area contributed by atoms with Crippen molar-refractivity contribution in [2.45, 2.75) is 29.7 Å². The van der Waals surface area contributed by atoms with Crippen LogP contribution >= 0.6 is 39.0 Å². The average Bonchev–Trinajstić information content (AvgIpc) is 3.27. The predicted molar refractivity (Wildman–Crippen MR) is 165 cm³/mol. The molecule has 42 heavy (non-hydrogen) atoms. The van der Waals surface area contributed by atoms with E-state index in [2.05, 4.69) is 20.9 Å². The highest BCUT2D eigenvalue weighted by Gasteiger charge is 2.33. The predicted octanol–water partition coefficient (Wildman–Crippen LogP) is 5.63. The minimum Gasteiger partial charge on any atom is -0.496 e. The number of aromatic nitrogens is 1. The Bertz CT molecular complexity index is 1920. The van der Waals surface area contributed by atoms with Gasteiger partial charge >= 0.3 is 5.97 Å². The van der Waals surface area contributed by atoms with Gasteiger partial charge in [-0.2, -0.15) is 0 Å². The van der Waals surface area contributed by atoms with Gasteiger partial charge in [0.15, 0.2) is 4.80 Å². The first-order valence-corrected chi connectivity index (χ1v) is 15.2. The lowest BCUT2D eigenvalue weighted by atomic mass is 9.96. The van der Waals surface area contributed by atoms with Crippen molar-refractivity contribution in [2.75, 3.05) is 13.7 Å². The third kappa shape index (κ3) is 5.83. The molecule has 0 amide bonds. The van der Waals surface area contributed by atoms with Gasteiger partial charge in [-0.15, -0.1) is 0 Å². The van der Waals surface area contributed by atoms with Crippen molar-refractivity contribution in [3.8, 4) is 5.75 Å². The third-order valence-electron chi connectivity index (χ3n) is 6.46. The number of thiazole rings is 1. The first-order chi connectivity index (χ1) is 20.2. The summed E-state index contributed by atoms with van der Waals surface area (Å²) in [6.45, 7) is 3.59. The van der Waals surface area contributed by atoms with Crippen LogP contribution in [0.2, 0.25) is 0 Å². The maximum absolute atomic E-state index is 13.9. The van der Waals surface area contributed by atoms with Gasteiger partial charge in [-0.25, -0.2) is 9.79 Å². The van der Waals surface area contributed by atoms with Crippen LogP contribution < -0.4 is 19.6 Å². The summed E-state index contributed by atoms with van der Waals surface area (Å²) >= 11 is 5.95. The number of nitro benzene ring substituents is 1. The molecule has 0 N–H and O–H groups in total. The van der Waals surface area contributed by atoms with E-state index in [-0.39, 0.29) is 23.4 Å². The number of carbonyl (C=O) groups excluding carboxylic acids is 1. The molecule has 0 radical (unpaired) electrons. The maximum Gasteiger partial charge on any atom is 0.338 e. The van der Waals surface area contributed by atoms with Crippen molar-refractivity contribution in [2.24, 2.45) is 4.99 Å². The van der Waals surface area contributed by atoms with E-state index in [0.29, 0.717) is 41.3 Å².